The Labute approximate surface area is 156 Å². The molecule has 1 aromatic carbocycles. The highest BCUT2D eigenvalue weighted by atomic mass is 35.5. The molecule has 2 N–H and O–H groups in total. The van der Waals surface area contributed by atoms with E-state index in [1.807, 2.05) is 19.1 Å². The smallest absolute Gasteiger partial charge is 0.223 e. The summed E-state index contributed by atoms with van der Waals surface area (Å²) < 4.78 is 0. The van der Waals surface area contributed by atoms with E-state index in [0.29, 0.717) is 16.8 Å². The normalized spacial score (nSPS) is 22.5. The van der Waals surface area contributed by atoms with Crippen LogP contribution in [0.2, 0.25) is 5.02 Å². The van der Waals surface area contributed by atoms with Gasteiger partial charge >= 0.3 is 0 Å². The Bertz CT molecular complexity index is 628. The molecule has 1 atom stereocenters. The lowest BCUT2D eigenvalue weighted by Crippen LogP contribution is -2.53. The zero-order valence-electron chi connectivity index (χ0n) is 15.4. The molecular weight excluding hydrogens is 334 g/mol. The summed E-state index contributed by atoms with van der Waals surface area (Å²) in [4.78, 5) is 17.1. The minimum Gasteiger partial charge on any atom is -0.398 e. The quantitative estimate of drug-likeness (QED) is 0.827. The zero-order chi connectivity index (χ0) is 18.0. The monoisotopic (exact) mass is 363 g/mol. The summed E-state index contributed by atoms with van der Waals surface area (Å²) in [7, 11) is 0. The van der Waals surface area contributed by atoms with Gasteiger partial charge in [0.1, 0.15) is 0 Å². The van der Waals surface area contributed by atoms with Gasteiger partial charge < -0.3 is 10.6 Å². The number of nitrogens with two attached hydrogens (primary N) is 1. The van der Waals surface area contributed by atoms with Crippen molar-refractivity contribution in [2.24, 2.45) is 5.92 Å². The molecular formula is C20H30ClN3O. The first-order chi connectivity index (χ1) is 11.9. The molecule has 0 unspecified atom stereocenters. The van der Waals surface area contributed by atoms with Crippen LogP contribution in [0.3, 0.4) is 0 Å². The van der Waals surface area contributed by atoms with Gasteiger partial charge in [-0.25, -0.2) is 0 Å². The molecule has 0 bridgehead atoms. The van der Waals surface area contributed by atoms with Crippen LogP contribution in [0, 0.1) is 12.8 Å². The zero-order valence-corrected chi connectivity index (χ0v) is 16.2. The topological polar surface area (TPSA) is 49.6 Å². The number of benzene rings is 1. The van der Waals surface area contributed by atoms with Gasteiger partial charge in [0.05, 0.1) is 0 Å². The molecule has 5 heteroatoms. The molecule has 2 fully saturated rings. The second-order valence-corrected chi connectivity index (χ2v) is 8.24. The van der Waals surface area contributed by atoms with Crippen LogP contribution < -0.4 is 5.73 Å². The van der Waals surface area contributed by atoms with Crippen molar-refractivity contribution < 1.29 is 4.79 Å². The predicted octanol–water partition coefficient (Wildman–Crippen LogP) is 3.84. The Morgan fingerprint density at radius 1 is 1.28 bits per heavy atom. The van der Waals surface area contributed by atoms with E-state index in [1.54, 1.807) is 0 Å². The molecule has 1 heterocycles. The van der Waals surface area contributed by atoms with Crippen molar-refractivity contribution in [2.45, 2.75) is 58.5 Å². The predicted molar refractivity (Wildman–Crippen MR) is 104 cm³/mol. The number of amides is 1. The van der Waals surface area contributed by atoms with Crippen LogP contribution in [0.4, 0.5) is 5.69 Å². The SMILES string of the molecule is Cc1c(N)cc(Cl)cc1CN1CCN(C(=O)CC2CCCC2)[C@@H](C)C1. The van der Waals surface area contributed by atoms with Crippen LogP contribution >= 0.6 is 11.6 Å². The van der Waals surface area contributed by atoms with Gasteiger partial charge in [-0.1, -0.05) is 24.4 Å². The first kappa shape index (κ1) is 18.5. The van der Waals surface area contributed by atoms with Crippen LogP contribution in [-0.4, -0.2) is 41.4 Å². The first-order valence-corrected chi connectivity index (χ1v) is 9.88. The highest BCUT2D eigenvalue weighted by Gasteiger charge is 2.29. The van der Waals surface area contributed by atoms with E-state index in [-0.39, 0.29) is 6.04 Å². The minimum atomic E-state index is 0.263. The van der Waals surface area contributed by atoms with E-state index in [9.17, 15) is 4.79 Å². The number of piperazine rings is 1. The molecule has 1 saturated carbocycles. The van der Waals surface area contributed by atoms with Gasteiger partial charge in [-0.15, -0.1) is 0 Å². The first-order valence-electron chi connectivity index (χ1n) is 9.50. The largest absolute Gasteiger partial charge is 0.398 e. The Hall–Kier alpha value is -1.26. The molecule has 138 valence electrons. The van der Waals surface area contributed by atoms with Crippen molar-refractivity contribution >= 4 is 23.2 Å². The number of nitrogens with zero attached hydrogens (tertiary/aromatic N) is 2. The second-order valence-electron chi connectivity index (χ2n) is 7.81. The Kier molecular flexibility index (Phi) is 5.90. The molecule has 1 aromatic rings. The highest BCUT2D eigenvalue weighted by Crippen LogP contribution is 2.29. The molecule has 1 aliphatic carbocycles. The van der Waals surface area contributed by atoms with Crippen molar-refractivity contribution in [1.82, 2.24) is 9.80 Å². The number of rotatable bonds is 4. The molecule has 0 radical (unpaired) electrons. The maximum Gasteiger partial charge on any atom is 0.223 e. The van der Waals surface area contributed by atoms with Gasteiger partial charge in [0.15, 0.2) is 0 Å². The fourth-order valence-corrected chi connectivity index (χ4v) is 4.54. The number of nitrogen functional groups attached to an aromatic ring is 1. The number of anilines is 1. The molecule has 4 nitrogen and oxygen atoms in total. The third kappa shape index (κ3) is 4.48. The summed E-state index contributed by atoms with van der Waals surface area (Å²) in [6.45, 7) is 7.69. The van der Waals surface area contributed by atoms with E-state index >= 15 is 0 Å². The van der Waals surface area contributed by atoms with Crippen molar-refractivity contribution in [3.63, 3.8) is 0 Å². The Morgan fingerprint density at radius 3 is 2.68 bits per heavy atom. The van der Waals surface area contributed by atoms with E-state index in [2.05, 4.69) is 16.7 Å². The maximum atomic E-state index is 12.6. The van der Waals surface area contributed by atoms with Gasteiger partial charge in [-0.2, -0.15) is 0 Å². The summed E-state index contributed by atoms with van der Waals surface area (Å²) in [5.74, 6) is 0.969. The number of carbonyl (C=O) groups excluding carboxylic acids is 1. The van der Waals surface area contributed by atoms with Gasteiger partial charge in [-0.05, 0) is 55.9 Å². The van der Waals surface area contributed by atoms with E-state index in [0.717, 1.165) is 43.9 Å². The third-order valence-electron chi connectivity index (χ3n) is 5.88. The average molecular weight is 364 g/mol. The molecule has 3 rings (SSSR count). The highest BCUT2D eigenvalue weighted by molar-refractivity contribution is 6.31. The number of carbonyl (C=O) groups is 1. The van der Waals surface area contributed by atoms with E-state index in [1.165, 1.54) is 31.2 Å². The lowest BCUT2D eigenvalue weighted by Gasteiger charge is -2.40. The number of hydrogen-bond donors (Lipinski definition) is 1. The molecule has 0 aromatic heterocycles. The minimum absolute atomic E-state index is 0.263. The fraction of sp³-hybridized carbons (Fsp3) is 0.650. The fourth-order valence-electron chi connectivity index (χ4n) is 4.29. The van der Waals surface area contributed by atoms with Crippen molar-refractivity contribution in [3.8, 4) is 0 Å². The summed E-state index contributed by atoms with van der Waals surface area (Å²) in [6.07, 6.45) is 5.80. The van der Waals surface area contributed by atoms with Crippen LogP contribution in [0.1, 0.15) is 50.2 Å². The summed E-state index contributed by atoms with van der Waals surface area (Å²) in [5.41, 5.74) is 9.08. The second kappa shape index (κ2) is 7.96. The van der Waals surface area contributed by atoms with Crippen LogP contribution in [0.15, 0.2) is 12.1 Å². The standard InChI is InChI=1S/C20H30ClN3O/c1-14-12-23(13-17-10-18(21)11-19(22)15(17)2)7-8-24(14)20(25)9-16-5-3-4-6-16/h10-11,14,16H,3-9,12-13,22H2,1-2H3/t14-/m0/s1. The average Bonchev–Trinajstić information content (AvgIpc) is 3.05. The third-order valence-corrected chi connectivity index (χ3v) is 6.10. The number of halogens is 1. The van der Waals surface area contributed by atoms with Crippen molar-refractivity contribution in [2.75, 3.05) is 25.4 Å². The molecule has 1 amide bonds. The summed E-state index contributed by atoms with van der Waals surface area (Å²) in [6, 6.07) is 4.08. The lowest BCUT2D eigenvalue weighted by atomic mass is 10.0. The van der Waals surface area contributed by atoms with Crippen molar-refractivity contribution in [1.29, 1.82) is 0 Å². The number of hydrogen-bond acceptors (Lipinski definition) is 3. The molecule has 0 spiro atoms. The Morgan fingerprint density at radius 2 is 2.00 bits per heavy atom. The molecule has 25 heavy (non-hydrogen) atoms. The molecule has 1 aliphatic heterocycles. The van der Waals surface area contributed by atoms with Gasteiger partial charge in [0.25, 0.3) is 0 Å². The van der Waals surface area contributed by atoms with Crippen LogP contribution in [-0.2, 0) is 11.3 Å². The van der Waals surface area contributed by atoms with Gasteiger partial charge in [0, 0.05) is 49.4 Å². The van der Waals surface area contributed by atoms with E-state index in [4.69, 9.17) is 17.3 Å². The molecule has 2 aliphatic rings. The van der Waals surface area contributed by atoms with Crippen LogP contribution in [0.25, 0.3) is 0 Å². The van der Waals surface area contributed by atoms with Gasteiger partial charge in [-0.3, -0.25) is 9.69 Å². The van der Waals surface area contributed by atoms with E-state index < -0.39 is 0 Å². The summed E-state index contributed by atoms with van der Waals surface area (Å²) >= 11 is 6.16. The summed E-state index contributed by atoms with van der Waals surface area (Å²) in [5, 5.41) is 0.691. The maximum absolute atomic E-state index is 12.6. The Balaban J connectivity index is 1.57. The van der Waals surface area contributed by atoms with Crippen LogP contribution in [0.5, 0.6) is 0 Å². The molecule has 1 saturated heterocycles. The van der Waals surface area contributed by atoms with Crippen molar-refractivity contribution in [3.05, 3.63) is 28.3 Å². The van der Waals surface area contributed by atoms with Gasteiger partial charge in [0.2, 0.25) is 5.91 Å². The lowest BCUT2D eigenvalue weighted by molar-refractivity contribution is -0.136.